The number of thiocarbonyl (C=S) groups is 1. The zero-order chi connectivity index (χ0) is 25.9. The van der Waals surface area contributed by atoms with E-state index in [0.29, 0.717) is 33.6 Å². The fourth-order valence-electron chi connectivity index (χ4n) is 4.06. The average Bonchev–Trinajstić information content (AvgIpc) is 3.31. The number of anilines is 1. The minimum absolute atomic E-state index is 0.191. The maximum Gasteiger partial charge on any atom is 0.250 e. The highest BCUT2D eigenvalue weighted by Gasteiger charge is 2.13. The van der Waals surface area contributed by atoms with Crippen LogP contribution in [0.1, 0.15) is 30.9 Å². The van der Waals surface area contributed by atoms with Crippen molar-refractivity contribution in [2.75, 3.05) is 5.32 Å². The third-order valence-electron chi connectivity index (χ3n) is 6.01. The maximum absolute atomic E-state index is 12.3. The second-order valence-corrected chi connectivity index (χ2v) is 9.76. The summed E-state index contributed by atoms with van der Waals surface area (Å²) in [6.07, 6.45) is 3.22. The molecule has 0 aliphatic heterocycles. The fourth-order valence-corrected chi connectivity index (χ4v) is 4.51. The molecule has 37 heavy (non-hydrogen) atoms. The van der Waals surface area contributed by atoms with Gasteiger partial charge in [0, 0.05) is 27.7 Å². The van der Waals surface area contributed by atoms with E-state index in [1.54, 1.807) is 6.08 Å². The first-order chi connectivity index (χ1) is 17.9. The molecule has 0 saturated carbocycles. The predicted octanol–water partition coefficient (Wildman–Crippen LogP) is 7.95. The van der Waals surface area contributed by atoms with Crippen LogP contribution in [0.15, 0.2) is 89.4 Å². The molecular weight excluding hydrogens is 502 g/mol. The van der Waals surface area contributed by atoms with Crippen LogP contribution in [0, 0.1) is 0 Å². The van der Waals surface area contributed by atoms with Gasteiger partial charge in [0.25, 0.3) is 0 Å². The molecule has 1 amide bonds. The lowest BCUT2D eigenvalue weighted by Crippen LogP contribution is -2.32. The van der Waals surface area contributed by atoms with E-state index in [0.717, 1.165) is 21.9 Å². The molecule has 5 aromatic rings. The highest BCUT2D eigenvalue weighted by Crippen LogP contribution is 2.34. The first-order valence-electron chi connectivity index (χ1n) is 11.9. The van der Waals surface area contributed by atoms with Gasteiger partial charge >= 0.3 is 0 Å². The van der Waals surface area contributed by atoms with Gasteiger partial charge in [-0.25, -0.2) is 4.98 Å². The number of carbonyl (C=O) groups excluding carboxylic acids is 1. The molecule has 0 unspecified atom stereocenters. The number of aromatic nitrogens is 1. The molecule has 0 spiro atoms. The van der Waals surface area contributed by atoms with Gasteiger partial charge in [-0.05, 0) is 71.1 Å². The zero-order valence-corrected chi connectivity index (χ0v) is 21.9. The number of hydrogen-bond acceptors (Lipinski definition) is 4. The Morgan fingerprint density at radius 1 is 1.00 bits per heavy atom. The molecular formula is C30H24ClN3O2S. The molecule has 2 N–H and O–H groups in total. The van der Waals surface area contributed by atoms with Crippen molar-refractivity contribution in [3.63, 3.8) is 0 Å². The zero-order valence-electron chi connectivity index (χ0n) is 20.3. The van der Waals surface area contributed by atoms with Crippen molar-refractivity contribution in [2.24, 2.45) is 0 Å². The molecule has 5 rings (SSSR count). The molecule has 184 valence electrons. The van der Waals surface area contributed by atoms with Crippen molar-refractivity contribution in [2.45, 2.75) is 19.8 Å². The van der Waals surface area contributed by atoms with E-state index < -0.39 is 0 Å². The van der Waals surface area contributed by atoms with Crippen LogP contribution in [0.2, 0.25) is 5.02 Å². The van der Waals surface area contributed by atoms with Crippen molar-refractivity contribution >= 4 is 68.5 Å². The van der Waals surface area contributed by atoms with Gasteiger partial charge in [-0.3, -0.25) is 10.1 Å². The number of carbonyl (C=O) groups is 1. The van der Waals surface area contributed by atoms with Crippen molar-refractivity contribution in [1.82, 2.24) is 10.3 Å². The first-order valence-corrected chi connectivity index (χ1v) is 12.6. The Bertz CT molecular complexity index is 1660. The first kappa shape index (κ1) is 24.7. The summed E-state index contributed by atoms with van der Waals surface area (Å²) in [6.45, 7) is 4.29. The summed E-state index contributed by atoms with van der Waals surface area (Å²) in [5.74, 6) is 0.650. The van der Waals surface area contributed by atoms with Gasteiger partial charge in [0.1, 0.15) is 5.52 Å². The molecule has 5 nitrogen and oxygen atoms in total. The molecule has 1 aromatic heterocycles. The third kappa shape index (κ3) is 5.56. The molecule has 0 fully saturated rings. The average molecular weight is 526 g/mol. The Balaban J connectivity index is 1.27. The molecule has 0 atom stereocenters. The summed E-state index contributed by atoms with van der Waals surface area (Å²) in [4.78, 5) is 17.0. The van der Waals surface area contributed by atoms with Gasteiger partial charge < -0.3 is 9.73 Å². The van der Waals surface area contributed by atoms with Gasteiger partial charge in [-0.2, -0.15) is 0 Å². The highest BCUT2D eigenvalue weighted by atomic mass is 35.5. The van der Waals surface area contributed by atoms with E-state index in [4.69, 9.17) is 28.2 Å². The minimum Gasteiger partial charge on any atom is -0.436 e. The van der Waals surface area contributed by atoms with Crippen LogP contribution in [-0.2, 0) is 4.79 Å². The molecule has 7 heteroatoms. The Morgan fingerprint density at radius 2 is 1.76 bits per heavy atom. The van der Waals surface area contributed by atoms with Gasteiger partial charge in [0.2, 0.25) is 11.8 Å². The maximum atomic E-state index is 12.3. The van der Waals surface area contributed by atoms with Crippen LogP contribution in [0.4, 0.5) is 5.69 Å². The summed E-state index contributed by atoms with van der Waals surface area (Å²) in [5.41, 5.74) is 5.05. The third-order valence-corrected chi connectivity index (χ3v) is 6.55. The Hall–Kier alpha value is -4.00. The van der Waals surface area contributed by atoms with E-state index in [1.165, 1.54) is 11.6 Å². The number of fused-ring (bicyclic) bond motifs is 2. The number of oxazole rings is 1. The van der Waals surface area contributed by atoms with Crippen molar-refractivity contribution < 1.29 is 9.21 Å². The lowest BCUT2D eigenvalue weighted by molar-refractivity contribution is -0.115. The number of benzene rings is 4. The van der Waals surface area contributed by atoms with E-state index in [-0.39, 0.29) is 11.0 Å². The second-order valence-electron chi connectivity index (χ2n) is 8.94. The van der Waals surface area contributed by atoms with Gasteiger partial charge in [-0.15, -0.1) is 0 Å². The Kier molecular flexibility index (Phi) is 7.04. The van der Waals surface area contributed by atoms with Crippen LogP contribution in [0.3, 0.4) is 0 Å². The van der Waals surface area contributed by atoms with Crippen LogP contribution in [0.5, 0.6) is 0 Å². The molecule has 0 bridgehead atoms. The van der Waals surface area contributed by atoms with Gasteiger partial charge in [-0.1, -0.05) is 74.0 Å². The summed E-state index contributed by atoms with van der Waals surface area (Å²) >= 11 is 11.7. The monoisotopic (exact) mass is 525 g/mol. The van der Waals surface area contributed by atoms with Crippen LogP contribution in [0.25, 0.3) is 39.4 Å². The fraction of sp³-hybridized carbons (Fsp3) is 0.100. The SMILES string of the molecule is CC(C)c1ccc(/C=C/C(=O)NC(=S)Nc2ccc3oc(-c4cccc5c(Cl)cccc45)nc3c2)cc1. The molecule has 0 saturated heterocycles. The standard InChI is InChI=1S/C30H24ClN3O2S/c1-18(2)20-12-9-19(10-13-20)11-16-28(35)34-30(37)32-21-14-15-27-26(17-21)33-29(36-27)24-7-3-6-23-22(24)5-4-8-25(23)31/h3-18H,1-2H3,(H2,32,34,35,37)/b16-11+. The van der Waals surface area contributed by atoms with Crippen LogP contribution >= 0.6 is 23.8 Å². The Morgan fingerprint density at radius 3 is 2.54 bits per heavy atom. The topological polar surface area (TPSA) is 67.2 Å². The summed E-state index contributed by atoms with van der Waals surface area (Å²) < 4.78 is 6.03. The van der Waals surface area contributed by atoms with Crippen molar-refractivity contribution in [3.8, 4) is 11.5 Å². The highest BCUT2D eigenvalue weighted by molar-refractivity contribution is 7.80. The molecule has 0 radical (unpaired) electrons. The number of nitrogens with zero attached hydrogens (tertiary/aromatic N) is 1. The normalized spacial score (nSPS) is 11.5. The van der Waals surface area contributed by atoms with E-state index in [9.17, 15) is 4.79 Å². The van der Waals surface area contributed by atoms with Crippen LogP contribution in [-0.4, -0.2) is 16.0 Å². The quantitative estimate of drug-likeness (QED) is 0.180. The van der Waals surface area contributed by atoms with E-state index in [2.05, 4.69) is 41.6 Å². The molecule has 4 aromatic carbocycles. The predicted molar refractivity (Wildman–Crippen MR) is 156 cm³/mol. The number of halogens is 1. The minimum atomic E-state index is -0.315. The van der Waals surface area contributed by atoms with Crippen LogP contribution < -0.4 is 10.6 Å². The number of rotatable bonds is 5. The number of hydrogen-bond donors (Lipinski definition) is 2. The second kappa shape index (κ2) is 10.5. The summed E-state index contributed by atoms with van der Waals surface area (Å²) in [7, 11) is 0. The van der Waals surface area contributed by atoms with Gasteiger partial charge in [0.15, 0.2) is 10.7 Å². The van der Waals surface area contributed by atoms with Crippen molar-refractivity contribution in [3.05, 3.63) is 101 Å². The molecule has 1 heterocycles. The summed E-state index contributed by atoms with van der Waals surface area (Å²) in [5, 5.41) is 8.48. The van der Waals surface area contributed by atoms with Gasteiger partial charge in [0.05, 0.1) is 0 Å². The number of nitrogens with one attached hydrogen (secondary N) is 2. The summed E-state index contributed by atoms with van der Waals surface area (Å²) in [6, 6.07) is 25.2. The van der Waals surface area contributed by atoms with Crippen molar-refractivity contribution in [1.29, 1.82) is 0 Å². The lowest BCUT2D eigenvalue weighted by atomic mass is 10.0. The smallest absolute Gasteiger partial charge is 0.250 e. The molecule has 0 aliphatic rings. The number of amides is 1. The molecule has 0 aliphatic carbocycles. The van der Waals surface area contributed by atoms with E-state index >= 15 is 0 Å². The Labute approximate surface area is 225 Å². The largest absolute Gasteiger partial charge is 0.436 e. The van der Waals surface area contributed by atoms with E-state index in [1.807, 2.05) is 66.7 Å². The lowest BCUT2D eigenvalue weighted by Gasteiger charge is -2.08.